The van der Waals surface area contributed by atoms with E-state index in [4.69, 9.17) is 9.47 Å². The number of guanidine groups is 1. The lowest BCUT2D eigenvalue weighted by Gasteiger charge is -2.13. The van der Waals surface area contributed by atoms with Crippen LogP contribution in [-0.4, -0.2) is 43.3 Å². The zero-order valence-electron chi connectivity index (χ0n) is 15.5. The van der Waals surface area contributed by atoms with E-state index in [-0.39, 0.29) is 24.0 Å². The summed E-state index contributed by atoms with van der Waals surface area (Å²) in [7, 11) is 3.39. The molecular formula is C17H26IN5O2S. The summed E-state index contributed by atoms with van der Waals surface area (Å²) in [6.45, 7) is 6.30. The van der Waals surface area contributed by atoms with E-state index >= 15 is 0 Å². The highest BCUT2D eigenvalue weighted by atomic mass is 127. The van der Waals surface area contributed by atoms with E-state index < -0.39 is 0 Å². The summed E-state index contributed by atoms with van der Waals surface area (Å²) < 4.78 is 10.7. The Morgan fingerprint density at radius 1 is 1.23 bits per heavy atom. The molecule has 0 bridgehead atoms. The molecular weight excluding hydrogens is 465 g/mol. The predicted molar refractivity (Wildman–Crippen MR) is 116 cm³/mol. The van der Waals surface area contributed by atoms with Crippen molar-refractivity contribution in [1.29, 1.82) is 0 Å². The average Bonchev–Trinajstić information content (AvgIpc) is 2.94. The van der Waals surface area contributed by atoms with E-state index in [0.717, 1.165) is 22.2 Å². The molecule has 0 radical (unpaired) electrons. The maximum absolute atomic E-state index is 5.65. The van der Waals surface area contributed by atoms with Crippen LogP contribution in [-0.2, 0) is 17.8 Å². The predicted octanol–water partition coefficient (Wildman–Crippen LogP) is 2.66. The van der Waals surface area contributed by atoms with Crippen LogP contribution in [0.15, 0.2) is 23.3 Å². The lowest BCUT2D eigenvalue weighted by Crippen LogP contribution is -2.36. The Hall–Kier alpha value is -1.46. The molecule has 0 fully saturated rings. The highest BCUT2D eigenvalue weighted by Crippen LogP contribution is 2.16. The van der Waals surface area contributed by atoms with Crippen LogP contribution in [0.4, 0.5) is 0 Å². The largest absolute Gasteiger partial charge is 0.475 e. The second kappa shape index (κ2) is 12.0. The summed E-state index contributed by atoms with van der Waals surface area (Å²) in [6, 6.07) is 3.87. The van der Waals surface area contributed by atoms with Crippen LogP contribution in [0.25, 0.3) is 0 Å². The molecule has 2 N–H and O–H groups in total. The molecule has 0 unspecified atom stereocenters. The highest BCUT2D eigenvalue weighted by Gasteiger charge is 2.08. The van der Waals surface area contributed by atoms with E-state index in [2.05, 4.69) is 25.6 Å². The summed E-state index contributed by atoms with van der Waals surface area (Å²) in [4.78, 5) is 14.2. The van der Waals surface area contributed by atoms with Gasteiger partial charge in [0.25, 0.3) is 0 Å². The number of nitrogens with one attached hydrogen (secondary N) is 2. The number of rotatable bonds is 8. The van der Waals surface area contributed by atoms with E-state index in [0.29, 0.717) is 32.2 Å². The Morgan fingerprint density at radius 3 is 2.65 bits per heavy atom. The van der Waals surface area contributed by atoms with Gasteiger partial charge in [-0.05, 0) is 19.9 Å². The fourth-order valence-electron chi connectivity index (χ4n) is 2.21. The third kappa shape index (κ3) is 7.04. The van der Waals surface area contributed by atoms with Crippen molar-refractivity contribution >= 4 is 41.3 Å². The van der Waals surface area contributed by atoms with E-state index in [1.165, 1.54) is 4.88 Å². The van der Waals surface area contributed by atoms with Crippen molar-refractivity contribution in [3.8, 4) is 5.88 Å². The number of methoxy groups -OCH3 is 1. The molecule has 0 amide bonds. The zero-order chi connectivity index (χ0) is 18.1. The number of aryl methyl sites for hydroxylation is 2. The molecule has 2 rings (SSSR count). The molecule has 0 aliphatic rings. The molecule has 7 nitrogen and oxygen atoms in total. The zero-order valence-corrected chi connectivity index (χ0v) is 18.7. The standard InChI is InChI=1S/C17H25N5O2S.HI/c1-12-15(25-13(2)22-12)11-21-17(18-3)20-10-14-6-5-7-19-16(14)24-9-8-23-4;/h5-7H,8-11H2,1-4H3,(H2,18,20,21);1H. The molecule has 2 aromatic heterocycles. The van der Waals surface area contributed by atoms with Crippen LogP contribution in [0.5, 0.6) is 5.88 Å². The monoisotopic (exact) mass is 491 g/mol. The van der Waals surface area contributed by atoms with E-state index in [9.17, 15) is 0 Å². The molecule has 144 valence electrons. The van der Waals surface area contributed by atoms with Crippen LogP contribution in [0, 0.1) is 13.8 Å². The molecule has 0 aliphatic heterocycles. The van der Waals surface area contributed by atoms with Gasteiger partial charge in [0.1, 0.15) is 6.61 Å². The summed E-state index contributed by atoms with van der Waals surface area (Å²) in [5.41, 5.74) is 2.03. The Bertz CT molecular complexity index is 708. The molecule has 0 atom stereocenters. The maximum atomic E-state index is 5.65. The topological polar surface area (TPSA) is 80.7 Å². The number of hydrogen-bond donors (Lipinski definition) is 2. The first-order chi connectivity index (χ1) is 12.1. The van der Waals surface area contributed by atoms with Gasteiger partial charge in [0.15, 0.2) is 5.96 Å². The summed E-state index contributed by atoms with van der Waals surface area (Å²) in [5.74, 6) is 1.33. The lowest BCUT2D eigenvalue weighted by atomic mass is 10.2. The number of halogens is 1. The van der Waals surface area contributed by atoms with Gasteiger partial charge in [-0.25, -0.2) is 9.97 Å². The van der Waals surface area contributed by atoms with Crippen molar-refractivity contribution in [2.75, 3.05) is 27.4 Å². The number of thiazole rings is 1. The third-order valence-corrected chi connectivity index (χ3v) is 4.53. The molecule has 0 spiro atoms. The Balaban J connectivity index is 0.00000338. The molecule has 0 aromatic carbocycles. The first kappa shape index (κ1) is 22.6. The SMILES string of the molecule is CN=C(NCc1cccnc1OCCOC)NCc1sc(C)nc1C.I. The van der Waals surface area contributed by atoms with E-state index in [1.54, 1.807) is 31.7 Å². The number of aromatic nitrogens is 2. The van der Waals surface area contributed by atoms with Crippen molar-refractivity contribution in [2.45, 2.75) is 26.9 Å². The van der Waals surface area contributed by atoms with Crippen LogP contribution in [0.1, 0.15) is 21.1 Å². The van der Waals surface area contributed by atoms with Crippen molar-refractivity contribution in [1.82, 2.24) is 20.6 Å². The first-order valence-electron chi connectivity index (χ1n) is 8.07. The minimum Gasteiger partial charge on any atom is -0.475 e. The number of ether oxygens (including phenoxy) is 2. The van der Waals surface area contributed by atoms with Crippen LogP contribution in [0.3, 0.4) is 0 Å². The van der Waals surface area contributed by atoms with Gasteiger partial charge >= 0.3 is 0 Å². The molecule has 0 aliphatic carbocycles. The van der Waals surface area contributed by atoms with Crippen molar-refractivity contribution in [3.63, 3.8) is 0 Å². The van der Waals surface area contributed by atoms with Crippen molar-refractivity contribution in [2.24, 2.45) is 4.99 Å². The lowest BCUT2D eigenvalue weighted by molar-refractivity contribution is 0.143. The van der Waals surface area contributed by atoms with Crippen molar-refractivity contribution in [3.05, 3.63) is 39.5 Å². The van der Waals surface area contributed by atoms with Gasteiger partial charge in [-0.2, -0.15) is 0 Å². The Morgan fingerprint density at radius 2 is 2.00 bits per heavy atom. The smallest absolute Gasteiger partial charge is 0.218 e. The molecule has 0 saturated heterocycles. The average molecular weight is 491 g/mol. The fraction of sp³-hybridized carbons (Fsp3) is 0.471. The normalized spacial score (nSPS) is 11.0. The molecule has 2 heterocycles. The fourth-order valence-corrected chi connectivity index (χ4v) is 3.09. The van der Waals surface area contributed by atoms with Gasteiger partial charge < -0.3 is 20.1 Å². The number of pyridine rings is 1. The van der Waals surface area contributed by atoms with Gasteiger partial charge in [-0.3, -0.25) is 4.99 Å². The van der Waals surface area contributed by atoms with Gasteiger partial charge in [-0.1, -0.05) is 6.07 Å². The Kier molecular flexibility index (Phi) is 10.4. The van der Waals surface area contributed by atoms with Gasteiger partial charge in [-0.15, -0.1) is 35.3 Å². The molecule has 26 heavy (non-hydrogen) atoms. The van der Waals surface area contributed by atoms with E-state index in [1.807, 2.05) is 26.0 Å². The van der Waals surface area contributed by atoms with Crippen LogP contribution < -0.4 is 15.4 Å². The first-order valence-corrected chi connectivity index (χ1v) is 8.88. The second-order valence-corrected chi connectivity index (χ2v) is 6.62. The van der Waals surface area contributed by atoms with Crippen LogP contribution in [0.2, 0.25) is 0 Å². The molecule has 0 saturated carbocycles. The third-order valence-electron chi connectivity index (χ3n) is 3.46. The van der Waals surface area contributed by atoms with Crippen molar-refractivity contribution < 1.29 is 9.47 Å². The van der Waals surface area contributed by atoms with Crippen LogP contribution >= 0.6 is 35.3 Å². The maximum Gasteiger partial charge on any atom is 0.218 e. The summed E-state index contributed by atoms with van der Waals surface area (Å²) in [6.07, 6.45) is 1.72. The summed E-state index contributed by atoms with van der Waals surface area (Å²) in [5, 5.41) is 7.67. The Labute approximate surface area is 175 Å². The molecule has 2 aromatic rings. The van der Waals surface area contributed by atoms with Gasteiger partial charge in [0.2, 0.25) is 5.88 Å². The number of aliphatic imine (C=N–C) groups is 1. The molecule has 9 heteroatoms. The number of hydrogen-bond acceptors (Lipinski definition) is 6. The van der Waals surface area contributed by atoms with Gasteiger partial charge in [0, 0.05) is 37.3 Å². The quantitative estimate of drug-likeness (QED) is 0.256. The summed E-state index contributed by atoms with van der Waals surface area (Å²) >= 11 is 1.70. The minimum atomic E-state index is 0. The minimum absolute atomic E-state index is 0. The number of nitrogens with zero attached hydrogens (tertiary/aromatic N) is 3. The van der Waals surface area contributed by atoms with Gasteiger partial charge in [0.05, 0.1) is 23.9 Å². The second-order valence-electron chi connectivity index (χ2n) is 5.33. The highest BCUT2D eigenvalue weighted by molar-refractivity contribution is 14.0.